The lowest BCUT2D eigenvalue weighted by Crippen LogP contribution is -2.14. The van der Waals surface area contributed by atoms with Crippen molar-refractivity contribution in [2.45, 2.75) is 13.1 Å². The van der Waals surface area contributed by atoms with Gasteiger partial charge in [-0.15, -0.1) is 0 Å². The molecule has 1 aromatic heterocycles. The molecule has 1 N–H and O–H groups in total. The van der Waals surface area contributed by atoms with Crippen LogP contribution in [0.2, 0.25) is 0 Å². The summed E-state index contributed by atoms with van der Waals surface area (Å²) in [4.78, 5) is 8.80. The molecule has 0 saturated heterocycles. The standard InChI is InChI=1S/C16H13F2N3/c17-13-6-5-11(7-14(13)18)8-19-9-12-10-20-15-3-1-2-4-16(15)21-12/h1-7,10,19H,8-9H2. The van der Waals surface area contributed by atoms with Crippen LogP contribution in [0.25, 0.3) is 11.0 Å². The molecule has 0 radical (unpaired) electrons. The maximum Gasteiger partial charge on any atom is 0.159 e. The first-order valence-corrected chi connectivity index (χ1v) is 6.58. The van der Waals surface area contributed by atoms with Crippen LogP contribution in [0.1, 0.15) is 11.3 Å². The first kappa shape index (κ1) is 13.6. The van der Waals surface area contributed by atoms with Crippen LogP contribution in [0.5, 0.6) is 0 Å². The minimum Gasteiger partial charge on any atom is -0.307 e. The molecule has 0 spiro atoms. The summed E-state index contributed by atoms with van der Waals surface area (Å²) in [6.45, 7) is 0.947. The van der Waals surface area contributed by atoms with E-state index in [1.165, 1.54) is 6.07 Å². The van der Waals surface area contributed by atoms with Crippen molar-refractivity contribution in [3.05, 3.63) is 71.6 Å². The van der Waals surface area contributed by atoms with Gasteiger partial charge in [0, 0.05) is 13.1 Å². The Bertz CT molecular complexity index is 774. The SMILES string of the molecule is Fc1ccc(CNCc2cnc3ccccc3n2)cc1F. The van der Waals surface area contributed by atoms with Gasteiger partial charge in [-0.25, -0.2) is 13.8 Å². The van der Waals surface area contributed by atoms with Crippen molar-refractivity contribution in [3.8, 4) is 0 Å². The molecule has 0 amide bonds. The van der Waals surface area contributed by atoms with Crippen LogP contribution in [0.15, 0.2) is 48.7 Å². The Balaban J connectivity index is 1.64. The van der Waals surface area contributed by atoms with Crippen LogP contribution in [0.3, 0.4) is 0 Å². The van der Waals surface area contributed by atoms with Crippen molar-refractivity contribution in [2.75, 3.05) is 0 Å². The molecule has 3 nitrogen and oxygen atoms in total. The topological polar surface area (TPSA) is 37.8 Å². The molecule has 0 aliphatic heterocycles. The summed E-state index contributed by atoms with van der Waals surface area (Å²) in [5.41, 5.74) is 3.17. The van der Waals surface area contributed by atoms with E-state index in [0.29, 0.717) is 18.7 Å². The predicted molar refractivity (Wildman–Crippen MR) is 76.4 cm³/mol. The quantitative estimate of drug-likeness (QED) is 0.800. The van der Waals surface area contributed by atoms with Crippen LogP contribution < -0.4 is 5.32 Å². The fourth-order valence-electron chi connectivity index (χ4n) is 2.07. The molecule has 5 heteroatoms. The molecule has 1 heterocycles. The predicted octanol–water partition coefficient (Wildman–Crippen LogP) is 3.20. The Kier molecular flexibility index (Phi) is 3.83. The van der Waals surface area contributed by atoms with Gasteiger partial charge < -0.3 is 5.32 Å². The summed E-state index contributed by atoms with van der Waals surface area (Å²) in [7, 11) is 0. The van der Waals surface area contributed by atoms with Gasteiger partial charge in [0.05, 0.1) is 22.9 Å². The minimum absolute atomic E-state index is 0.436. The van der Waals surface area contributed by atoms with Crippen LogP contribution >= 0.6 is 0 Å². The zero-order chi connectivity index (χ0) is 14.7. The highest BCUT2D eigenvalue weighted by Crippen LogP contribution is 2.10. The Morgan fingerprint density at radius 3 is 2.52 bits per heavy atom. The minimum atomic E-state index is -0.834. The average molecular weight is 285 g/mol. The number of fused-ring (bicyclic) bond motifs is 1. The molecule has 3 rings (SSSR count). The molecule has 0 aliphatic carbocycles. The Morgan fingerprint density at radius 1 is 0.905 bits per heavy atom. The molecule has 106 valence electrons. The zero-order valence-electron chi connectivity index (χ0n) is 11.2. The lowest BCUT2D eigenvalue weighted by atomic mass is 10.2. The van der Waals surface area contributed by atoms with Crippen molar-refractivity contribution in [1.82, 2.24) is 15.3 Å². The molecule has 3 aromatic rings. The number of nitrogens with one attached hydrogen (secondary N) is 1. The van der Waals surface area contributed by atoms with Crippen LogP contribution in [0.4, 0.5) is 8.78 Å². The highest BCUT2D eigenvalue weighted by atomic mass is 19.2. The van der Waals surface area contributed by atoms with Gasteiger partial charge in [0.15, 0.2) is 11.6 Å². The summed E-state index contributed by atoms with van der Waals surface area (Å²) in [6.07, 6.45) is 1.71. The van der Waals surface area contributed by atoms with Crippen molar-refractivity contribution < 1.29 is 8.78 Å². The van der Waals surface area contributed by atoms with Gasteiger partial charge in [0.25, 0.3) is 0 Å². The third-order valence-electron chi connectivity index (χ3n) is 3.12. The van der Waals surface area contributed by atoms with E-state index in [2.05, 4.69) is 15.3 Å². The van der Waals surface area contributed by atoms with E-state index in [4.69, 9.17) is 0 Å². The number of para-hydroxylation sites is 2. The van der Waals surface area contributed by atoms with Gasteiger partial charge >= 0.3 is 0 Å². The lowest BCUT2D eigenvalue weighted by Gasteiger charge is -2.06. The normalized spacial score (nSPS) is 11.0. The third kappa shape index (κ3) is 3.20. The van der Waals surface area contributed by atoms with Gasteiger partial charge in [-0.1, -0.05) is 18.2 Å². The smallest absolute Gasteiger partial charge is 0.159 e. The average Bonchev–Trinajstić information content (AvgIpc) is 2.51. The molecule has 0 atom stereocenters. The number of hydrogen-bond donors (Lipinski definition) is 1. The second kappa shape index (κ2) is 5.93. The molecule has 0 aliphatic rings. The van der Waals surface area contributed by atoms with Crippen LogP contribution in [-0.4, -0.2) is 9.97 Å². The Labute approximate surface area is 120 Å². The molecule has 0 unspecified atom stereocenters. The van der Waals surface area contributed by atoms with Gasteiger partial charge in [-0.05, 0) is 29.8 Å². The van der Waals surface area contributed by atoms with E-state index in [1.54, 1.807) is 12.3 Å². The molecular formula is C16H13F2N3. The largest absolute Gasteiger partial charge is 0.307 e. The summed E-state index contributed by atoms with van der Waals surface area (Å²) in [5, 5.41) is 3.14. The molecule has 0 saturated carbocycles. The van der Waals surface area contributed by atoms with Crippen molar-refractivity contribution >= 4 is 11.0 Å². The summed E-state index contributed by atoms with van der Waals surface area (Å²) in [5.74, 6) is -1.67. The van der Waals surface area contributed by atoms with Crippen LogP contribution in [0, 0.1) is 11.6 Å². The van der Waals surface area contributed by atoms with Gasteiger partial charge in [0.2, 0.25) is 0 Å². The molecule has 0 bridgehead atoms. The second-order valence-corrected chi connectivity index (χ2v) is 4.70. The van der Waals surface area contributed by atoms with Crippen molar-refractivity contribution in [3.63, 3.8) is 0 Å². The van der Waals surface area contributed by atoms with E-state index in [9.17, 15) is 8.78 Å². The number of aromatic nitrogens is 2. The van der Waals surface area contributed by atoms with E-state index >= 15 is 0 Å². The first-order chi connectivity index (χ1) is 10.2. The molecular weight excluding hydrogens is 272 g/mol. The highest BCUT2D eigenvalue weighted by Gasteiger charge is 2.03. The molecule has 0 fully saturated rings. The number of rotatable bonds is 4. The highest BCUT2D eigenvalue weighted by molar-refractivity contribution is 5.73. The Hall–Kier alpha value is -2.40. The third-order valence-corrected chi connectivity index (χ3v) is 3.12. The van der Waals surface area contributed by atoms with Crippen molar-refractivity contribution in [2.24, 2.45) is 0 Å². The number of hydrogen-bond acceptors (Lipinski definition) is 3. The fourth-order valence-corrected chi connectivity index (χ4v) is 2.07. The summed E-state index contributed by atoms with van der Waals surface area (Å²) in [6, 6.07) is 11.5. The summed E-state index contributed by atoms with van der Waals surface area (Å²) >= 11 is 0. The fraction of sp³-hybridized carbons (Fsp3) is 0.125. The lowest BCUT2D eigenvalue weighted by molar-refractivity contribution is 0.506. The van der Waals surface area contributed by atoms with Gasteiger partial charge in [0.1, 0.15) is 0 Å². The second-order valence-electron chi connectivity index (χ2n) is 4.70. The first-order valence-electron chi connectivity index (χ1n) is 6.58. The van der Waals surface area contributed by atoms with Gasteiger partial charge in [-0.3, -0.25) is 4.98 Å². The van der Waals surface area contributed by atoms with Gasteiger partial charge in [-0.2, -0.15) is 0 Å². The van der Waals surface area contributed by atoms with Crippen LogP contribution in [-0.2, 0) is 13.1 Å². The number of benzene rings is 2. The molecule has 2 aromatic carbocycles. The maximum absolute atomic E-state index is 13.1. The summed E-state index contributed by atoms with van der Waals surface area (Å²) < 4.78 is 25.9. The number of halogens is 2. The number of nitrogens with zero attached hydrogens (tertiary/aromatic N) is 2. The van der Waals surface area contributed by atoms with E-state index in [0.717, 1.165) is 22.8 Å². The Morgan fingerprint density at radius 2 is 1.71 bits per heavy atom. The zero-order valence-corrected chi connectivity index (χ0v) is 11.2. The van der Waals surface area contributed by atoms with Crippen molar-refractivity contribution in [1.29, 1.82) is 0 Å². The van der Waals surface area contributed by atoms with E-state index in [1.807, 2.05) is 24.3 Å². The molecule has 21 heavy (non-hydrogen) atoms. The maximum atomic E-state index is 13.1. The van der Waals surface area contributed by atoms with E-state index < -0.39 is 11.6 Å². The monoisotopic (exact) mass is 285 g/mol. The van der Waals surface area contributed by atoms with E-state index in [-0.39, 0.29) is 0 Å².